The van der Waals surface area contributed by atoms with Crippen LogP contribution in [0.2, 0.25) is 0 Å². The van der Waals surface area contributed by atoms with Crippen molar-refractivity contribution in [3.63, 3.8) is 0 Å². The highest BCUT2D eigenvalue weighted by Gasteiger charge is 2.58. The van der Waals surface area contributed by atoms with E-state index in [1.54, 1.807) is 6.07 Å². The predicted octanol–water partition coefficient (Wildman–Crippen LogP) is 4.15. The largest absolute Gasteiger partial charge is 0.323 e. The van der Waals surface area contributed by atoms with Crippen molar-refractivity contribution in [3.8, 4) is 0 Å². The molecule has 2 aromatic rings. The van der Waals surface area contributed by atoms with Gasteiger partial charge < -0.3 is 9.80 Å². The molecule has 174 valence electrons. The van der Waals surface area contributed by atoms with E-state index >= 15 is 0 Å². The molecule has 3 aliphatic carbocycles. The van der Waals surface area contributed by atoms with Crippen molar-refractivity contribution in [2.75, 3.05) is 26.2 Å². The van der Waals surface area contributed by atoms with Crippen molar-refractivity contribution in [2.45, 2.75) is 56.9 Å². The van der Waals surface area contributed by atoms with E-state index < -0.39 is 11.6 Å². The Morgan fingerprint density at radius 2 is 1.67 bits per heavy atom. The number of hydrogen-bond acceptors (Lipinski definition) is 3. The van der Waals surface area contributed by atoms with E-state index in [1.807, 2.05) is 20.8 Å². The van der Waals surface area contributed by atoms with Gasteiger partial charge in [0.1, 0.15) is 18.0 Å². The van der Waals surface area contributed by atoms with Crippen LogP contribution in [0.15, 0.2) is 24.5 Å². The van der Waals surface area contributed by atoms with Crippen LogP contribution in [0, 0.1) is 28.4 Å². The Morgan fingerprint density at radius 3 is 2.30 bits per heavy atom. The number of benzene rings is 1. The molecule has 1 aromatic carbocycles. The minimum absolute atomic E-state index is 0.180. The van der Waals surface area contributed by atoms with Crippen LogP contribution in [0.4, 0.5) is 13.6 Å². The Bertz CT molecular complexity index is 1100. The van der Waals surface area contributed by atoms with E-state index in [4.69, 9.17) is 0 Å². The molecule has 2 spiro atoms. The normalized spacial score (nSPS) is 25.5. The molecule has 7 rings (SSSR count). The molecule has 0 N–H and O–H groups in total. The maximum absolute atomic E-state index is 13.9. The van der Waals surface area contributed by atoms with Gasteiger partial charge >= 0.3 is 6.03 Å². The number of hydrogen-bond donors (Lipinski definition) is 0. The maximum Gasteiger partial charge on any atom is 0.320 e. The summed E-state index contributed by atoms with van der Waals surface area (Å²) in [5.74, 6) is 1.05. The summed E-state index contributed by atoms with van der Waals surface area (Å²) in [4.78, 5) is 21.3. The molecule has 3 heterocycles. The average Bonchev–Trinajstić information content (AvgIpc) is 3.40. The second-order valence-corrected chi connectivity index (χ2v) is 11.6. The van der Waals surface area contributed by atoms with Crippen molar-refractivity contribution in [2.24, 2.45) is 16.7 Å². The molecule has 0 radical (unpaired) electrons. The maximum atomic E-state index is 13.9. The van der Waals surface area contributed by atoms with Crippen LogP contribution in [0.25, 0.3) is 0 Å². The third-order valence-electron chi connectivity index (χ3n) is 8.79. The molecule has 0 unspecified atom stereocenters. The Balaban J connectivity index is 0.856. The number of rotatable bonds is 4. The predicted molar refractivity (Wildman–Crippen MR) is 116 cm³/mol. The number of urea groups is 1. The van der Waals surface area contributed by atoms with E-state index in [2.05, 4.69) is 10.1 Å². The van der Waals surface area contributed by atoms with Crippen LogP contribution in [-0.4, -0.2) is 56.8 Å². The summed E-state index contributed by atoms with van der Waals surface area (Å²) in [7, 11) is 0. The van der Waals surface area contributed by atoms with Gasteiger partial charge in [0.05, 0.1) is 6.04 Å². The van der Waals surface area contributed by atoms with Crippen molar-refractivity contribution in [1.29, 1.82) is 0 Å². The first kappa shape index (κ1) is 19.9. The van der Waals surface area contributed by atoms with E-state index in [-0.39, 0.29) is 16.9 Å². The van der Waals surface area contributed by atoms with Gasteiger partial charge in [-0.3, -0.25) is 0 Å². The van der Waals surface area contributed by atoms with Gasteiger partial charge in [-0.2, -0.15) is 5.10 Å². The zero-order valence-electron chi connectivity index (χ0n) is 18.7. The van der Waals surface area contributed by atoms with E-state index in [1.165, 1.54) is 18.9 Å². The quantitative estimate of drug-likeness (QED) is 0.699. The Labute approximate surface area is 192 Å². The molecule has 6 nitrogen and oxygen atoms in total. The topological polar surface area (TPSA) is 54.3 Å². The van der Waals surface area contributed by atoms with E-state index in [0.717, 1.165) is 63.8 Å². The molecule has 5 fully saturated rings. The van der Waals surface area contributed by atoms with Crippen LogP contribution in [-0.2, 0) is 6.42 Å². The molecule has 1 aromatic heterocycles. The lowest BCUT2D eigenvalue weighted by molar-refractivity contribution is -0.107. The van der Waals surface area contributed by atoms with Crippen molar-refractivity contribution >= 4 is 6.03 Å². The van der Waals surface area contributed by atoms with Crippen LogP contribution in [0.5, 0.6) is 0 Å². The minimum Gasteiger partial charge on any atom is -0.323 e. The molecule has 33 heavy (non-hydrogen) atoms. The second-order valence-electron chi connectivity index (χ2n) is 11.6. The fraction of sp³-hybridized carbons (Fsp3) is 0.640. The summed E-state index contributed by atoms with van der Waals surface area (Å²) in [6.07, 6.45) is 9.24. The molecule has 0 bridgehead atoms. The van der Waals surface area contributed by atoms with Gasteiger partial charge in [0.15, 0.2) is 5.82 Å². The number of likely N-dealkylation sites (tertiary alicyclic amines) is 2. The van der Waals surface area contributed by atoms with Gasteiger partial charge in [0.25, 0.3) is 0 Å². The van der Waals surface area contributed by atoms with Crippen LogP contribution in [0.3, 0.4) is 0 Å². The molecule has 2 aliphatic heterocycles. The minimum atomic E-state index is -0.527. The van der Waals surface area contributed by atoms with Crippen LogP contribution in [0.1, 0.15) is 61.9 Å². The fourth-order valence-corrected chi connectivity index (χ4v) is 6.94. The summed E-state index contributed by atoms with van der Waals surface area (Å²) in [5.41, 5.74) is 1.12. The van der Waals surface area contributed by atoms with E-state index in [9.17, 15) is 13.6 Å². The Morgan fingerprint density at radius 1 is 1.00 bits per heavy atom. The molecule has 2 amide bonds. The molecule has 3 saturated carbocycles. The number of carbonyl (C=O) groups is 1. The Kier molecular flexibility index (Phi) is 4.08. The third kappa shape index (κ3) is 3.28. The summed E-state index contributed by atoms with van der Waals surface area (Å²) < 4.78 is 29.1. The first-order valence-corrected chi connectivity index (χ1v) is 12.3. The van der Waals surface area contributed by atoms with E-state index in [0.29, 0.717) is 29.9 Å². The molecular weight excluding hydrogens is 424 g/mol. The van der Waals surface area contributed by atoms with Gasteiger partial charge in [-0.05, 0) is 62.5 Å². The zero-order chi connectivity index (χ0) is 22.4. The fourth-order valence-electron chi connectivity index (χ4n) is 6.94. The van der Waals surface area contributed by atoms with Gasteiger partial charge in [0, 0.05) is 49.0 Å². The van der Waals surface area contributed by atoms with Crippen molar-refractivity contribution < 1.29 is 13.6 Å². The number of nitrogens with zero attached hydrogens (tertiary/aromatic N) is 5. The molecule has 2 saturated heterocycles. The monoisotopic (exact) mass is 453 g/mol. The highest BCUT2D eigenvalue weighted by molar-refractivity contribution is 5.77. The highest BCUT2D eigenvalue weighted by atomic mass is 19.1. The van der Waals surface area contributed by atoms with Crippen LogP contribution >= 0.6 is 0 Å². The van der Waals surface area contributed by atoms with Gasteiger partial charge in [0.2, 0.25) is 0 Å². The summed E-state index contributed by atoms with van der Waals surface area (Å²) in [5, 5.41) is 4.68. The standard InChI is InChI=1S/C25H29F2N5O/c26-19-4-3-18(21(27)6-19)5-16-7-24(8-16)11-30(12-24)23(33)31-13-25(14-31)9-20(10-25)32-15-28-22(29-32)17-1-2-17/h3-4,6,15-17,20H,1-2,5,7-14H2. The lowest BCUT2D eigenvalue weighted by Gasteiger charge is -2.63. The second kappa shape index (κ2) is 6.76. The van der Waals surface area contributed by atoms with Crippen LogP contribution < -0.4 is 0 Å². The molecule has 0 atom stereocenters. The third-order valence-corrected chi connectivity index (χ3v) is 8.79. The highest BCUT2D eigenvalue weighted by Crippen LogP contribution is 2.56. The summed E-state index contributed by atoms with van der Waals surface area (Å²) in [6.45, 7) is 3.37. The lowest BCUT2D eigenvalue weighted by atomic mass is 9.56. The SMILES string of the molecule is O=C(N1CC2(CC(Cc3ccc(F)cc3F)C2)C1)N1CC2(CC(n3cnc(C4CC4)n3)C2)C1. The van der Waals surface area contributed by atoms with Crippen molar-refractivity contribution in [3.05, 3.63) is 47.5 Å². The molecule has 5 aliphatic rings. The lowest BCUT2D eigenvalue weighted by Crippen LogP contribution is -2.71. The smallest absolute Gasteiger partial charge is 0.320 e. The first-order chi connectivity index (χ1) is 15.9. The number of halogens is 2. The Hall–Kier alpha value is -2.51. The van der Waals surface area contributed by atoms with Crippen molar-refractivity contribution in [1.82, 2.24) is 24.6 Å². The van der Waals surface area contributed by atoms with Gasteiger partial charge in [-0.1, -0.05) is 6.07 Å². The summed E-state index contributed by atoms with van der Waals surface area (Å²) in [6, 6.07) is 4.48. The molecule has 8 heteroatoms. The number of carbonyl (C=O) groups excluding carboxylic acids is 1. The average molecular weight is 454 g/mol. The molecular formula is C25H29F2N5O. The van der Waals surface area contributed by atoms with Gasteiger partial charge in [-0.25, -0.2) is 23.2 Å². The van der Waals surface area contributed by atoms with Gasteiger partial charge in [-0.15, -0.1) is 0 Å². The number of amides is 2. The zero-order valence-corrected chi connectivity index (χ0v) is 18.7. The first-order valence-electron chi connectivity index (χ1n) is 12.3. The summed E-state index contributed by atoms with van der Waals surface area (Å²) >= 11 is 0. The number of aromatic nitrogens is 3.